The smallest absolute Gasteiger partial charge is 0.266 e. The first-order chi connectivity index (χ1) is 6.60. The van der Waals surface area contributed by atoms with E-state index < -0.39 is 6.43 Å². The highest BCUT2D eigenvalue weighted by Crippen LogP contribution is 2.28. The fourth-order valence-corrected chi connectivity index (χ4v) is 1.72. The van der Waals surface area contributed by atoms with Gasteiger partial charge in [-0.25, -0.2) is 13.8 Å². The van der Waals surface area contributed by atoms with Crippen LogP contribution in [0.15, 0.2) is 6.07 Å². The van der Waals surface area contributed by atoms with Gasteiger partial charge >= 0.3 is 0 Å². The van der Waals surface area contributed by atoms with Crippen LogP contribution in [0.25, 0.3) is 0 Å². The average Bonchev–Trinajstić information content (AvgIpc) is 2.16. The highest BCUT2D eigenvalue weighted by atomic mass is 79.9. The van der Waals surface area contributed by atoms with E-state index in [0.29, 0.717) is 16.6 Å². The molecular weight excluding hydrogens is 279 g/mol. The fraction of sp³-hybridized carbons (Fsp3) is 0.375. The van der Waals surface area contributed by atoms with Crippen LogP contribution in [0.5, 0.6) is 0 Å². The lowest BCUT2D eigenvalue weighted by molar-refractivity contribution is 0.150. The molecule has 0 radical (unpaired) electrons. The van der Waals surface area contributed by atoms with E-state index in [0.717, 1.165) is 0 Å². The molecule has 0 saturated heterocycles. The van der Waals surface area contributed by atoms with Crippen LogP contribution < -0.4 is 0 Å². The average molecular weight is 287 g/mol. The van der Waals surface area contributed by atoms with Crippen LogP contribution in [0.1, 0.15) is 23.2 Å². The van der Waals surface area contributed by atoms with Crippen LogP contribution >= 0.6 is 27.5 Å². The maximum atomic E-state index is 12.4. The molecule has 0 fully saturated rings. The zero-order valence-electron chi connectivity index (χ0n) is 6.98. The molecule has 0 aliphatic heterocycles. The molecule has 1 heterocycles. The Morgan fingerprint density at radius 1 is 1.57 bits per heavy atom. The summed E-state index contributed by atoms with van der Waals surface area (Å²) in [7, 11) is 0. The lowest BCUT2D eigenvalue weighted by Crippen LogP contribution is -2.00. The summed E-state index contributed by atoms with van der Waals surface area (Å²) < 4.78 is 24.7. The first-order valence-electron chi connectivity index (χ1n) is 3.73. The first kappa shape index (κ1) is 11.8. The standard InChI is InChI=1S/C8H7BrClF2NO/c9-2-6-4(3-14)1-5(8(11)12)7(10)13-6/h1,8,14H,2-3H2. The first-order valence-corrected chi connectivity index (χ1v) is 5.23. The van der Waals surface area contributed by atoms with Gasteiger partial charge in [0, 0.05) is 10.9 Å². The van der Waals surface area contributed by atoms with Crippen LogP contribution in [0.4, 0.5) is 8.78 Å². The molecule has 0 amide bonds. The Morgan fingerprint density at radius 3 is 2.64 bits per heavy atom. The third kappa shape index (κ3) is 2.40. The van der Waals surface area contributed by atoms with Gasteiger partial charge in [-0.1, -0.05) is 27.5 Å². The van der Waals surface area contributed by atoms with Crippen molar-refractivity contribution in [2.75, 3.05) is 0 Å². The van der Waals surface area contributed by atoms with E-state index in [4.69, 9.17) is 16.7 Å². The van der Waals surface area contributed by atoms with Crippen LogP contribution in [0.3, 0.4) is 0 Å². The molecule has 6 heteroatoms. The molecule has 1 rings (SSSR count). The van der Waals surface area contributed by atoms with Crippen molar-refractivity contribution in [1.82, 2.24) is 4.98 Å². The van der Waals surface area contributed by atoms with Gasteiger partial charge < -0.3 is 5.11 Å². The minimum atomic E-state index is -2.68. The van der Waals surface area contributed by atoms with E-state index in [9.17, 15) is 8.78 Å². The number of halogens is 4. The largest absolute Gasteiger partial charge is 0.392 e. The summed E-state index contributed by atoms with van der Waals surface area (Å²) in [4.78, 5) is 3.76. The van der Waals surface area contributed by atoms with Gasteiger partial charge in [0.1, 0.15) is 5.15 Å². The quantitative estimate of drug-likeness (QED) is 0.684. The third-order valence-corrected chi connectivity index (χ3v) is 2.54. The fourth-order valence-electron chi connectivity index (χ4n) is 0.991. The normalized spacial score (nSPS) is 11.0. The second kappa shape index (κ2) is 5.00. The lowest BCUT2D eigenvalue weighted by Gasteiger charge is -2.08. The van der Waals surface area contributed by atoms with Crippen LogP contribution in [0, 0.1) is 0 Å². The number of pyridine rings is 1. The Hall–Kier alpha value is -0.260. The number of alkyl halides is 3. The van der Waals surface area contributed by atoms with Crippen LogP contribution in [-0.4, -0.2) is 10.1 Å². The number of aromatic nitrogens is 1. The van der Waals surface area contributed by atoms with Crippen molar-refractivity contribution in [1.29, 1.82) is 0 Å². The van der Waals surface area contributed by atoms with Gasteiger partial charge in [-0.05, 0) is 6.07 Å². The summed E-state index contributed by atoms with van der Waals surface area (Å²) in [5.74, 6) is 0. The maximum absolute atomic E-state index is 12.4. The Balaban J connectivity index is 3.23. The SMILES string of the molecule is OCc1cc(C(F)F)c(Cl)nc1CBr. The second-order valence-corrected chi connectivity index (χ2v) is 3.49. The predicted molar refractivity (Wildman–Crippen MR) is 52.8 cm³/mol. The van der Waals surface area contributed by atoms with Gasteiger partial charge in [-0.15, -0.1) is 0 Å². The van der Waals surface area contributed by atoms with E-state index in [-0.39, 0.29) is 17.3 Å². The summed E-state index contributed by atoms with van der Waals surface area (Å²) in [6.07, 6.45) is -2.68. The van der Waals surface area contributed by atoms with Crippen molar-refractivity contribution in [2.45, 2.75) is 18.4 Å². The Bertz CT molecular complexity index is 335. The Morgan fingerprint density at radius 2 is 2.21 bits per heavy atom. The van der Waals surface area contributed by atoms with Gasteiger partial charge in [0.15, 0.2) is 0 Å². The van der Waals surface area contributed by atoms with Crippen molar-refractivity contribution in [3.63, 3.8) is 0 Å². The Labute approximate surface area is 93.0 Å². The topological polar surface area (TPSA) is 33.1 Å². The molecule has 0 saturated carbocycles. The van der Waals surface area contributed by atoms with Gasteiger partial charge in [-0.3, -0.25) is 0 Å². The molecule has 14 heavy (non-hydrogen) atoms. The van der Waals surface area contributed by atoms with Gasteiger partial charge in [0.2, 0.25) is 0 Å². The van der Waals surface area contributed by atoms with Crippen molar-refractivity contribution >= 4 is 27.5 Å². The molecule has 0 atom stereocenters. The van der Waals surface area contributed by atoms with Crippen LogP contribution in [0.2, 0.25) is 5.15 Å². The molecule has 0 unspecified atom stereocenters. The highest BCUT2D eigenvalue weighted by Gasteiger charge is 2.16. The Kier molecular flexibility index (Phi) is 4.22. The molecule has 0 aliphatic carbocycles. The van der Waals surface area contributed by atoms with Crippen molar-refractivity contribution in [2.24, 2.45) is 0 Å². The van der Waals surface area contributed by atoms with E-state index in [1.165, 1.54) is 6.07 Å². The van der Waals surface area contributed by atoms with Gasteiger partial charge in [-0.2, -0.15) is 0 Å². The summed E-state index contributed by atoms with van der Waals surface area (Å²) >= 11 is 8.66. The summed E-state index contributed by atoms with van der Waals surface area (Å²) in [5, 5.41) is 9.05. The van der Waals surface area contributed by atoms with E-state index >= 15 is 0 Å². The minimum absolute atomic E-state index is 0.216. The number of rotatable bonds is 3. The number of aliphatic hydroxyl groups excluding tert-OH is 1. The zero-order chi connectivity index (χ0) is 10.7. The van der Waals surface area contributed by atoms with Crippen molar-refractivity contribution in [3.8, 4) is 0 Å². The lowest BCUT2D eigenvalue weighted by atomic mass is 10.1. The van der Waals surface area contributed by atoms with E-state index in [2.05, 4.69) is 20.9 Å². The number of nitrogens with zero attached hydrogens (tertiary/aromatic N) is 1. The van der Waals surface area contributed by atoms with E-state index in [1.807, 2.05) is 0 Å². The van der Waals surface area contributed by atoms with Crippen LogP contribution in [-0.2, 0) is 11.9 Å². The number of aliphatic hydroxyl groups is 1. The molecule has 78 valence electrons. The highest BCUT2D eigenvalue weighted by molar-refractivity contribution is 9.08. The van der Waals surface area contributed by atoms with Crippen molar-refractivity contribution < 1.29 is 13.9 Å². The molecule has 0 aliphatic rings. The molecular formula is C8H7BrClF2NO. The summed E-state index contributed by atoms with van der Waals surface area (Å²) in [5.41, 5.74) is 0.490. The van der Waals surface area contributed by atoms with E-state index in [1.54, 1.807) is 0 Å². The predicted octanol–water partition coefficient (Wildman–Crippen LogP) is 3.06. The molecule has 1 aromatic heterocycles. The zero-order valence-corrected chi connectivity index (χ0v) is 9.32. The summed E-state index contributed by atoms with van der Waals surface area (Å²) in [6, 6.07) is 1.18. The van der Waals surface area contributed by atoms with Crippen molar-refractivity contribution in [3.05, 3.63) is 28.0 Å². The molecule has 1 N–H and O–H groups in total. The number of hydrogen-bond acceptors (Lipinski definition) is 2. The third-order valence-electron chi connectivity index (χ3n) is 1.70. The molecule has 0 bridgehead atoms. The molecule has 2 nitrogen and oxygen atoms in total. The molecule has 0 spiro atoms. The van der Waals surface area contributed by atoms with Gasteiger partial charge in [0.25, 0.3) is 6.43 Å². The molecule has 0 aromatic carbocycles. The monoisotopic (exact) mass is 285 g/mol. The second-order valence-electron chi connectivity index (χ2n) is 2.57. The van der Waals surface area contributed by atoms with Gasteiger partial charge in [0.05, 0.1) is 17.9 Å². The maximum Gasteiger partial charge on any atom is 0.266 e. The molecule has 1 aromatic rings. The summed E-state index contributed by atoms with van der Waals surface area (Å²) in [6.45, 7) is -0.329. The number of hydrogen-bond donors (Lipinski definition) is 1. The minimum Gasteiger partial charge on any atom is -0.392 e.